The first kappa shape index (κ1) is 8.30. The normalized spacial score (nSPS) is 41.1. The van der Waals surface area contributed by atoms with E-state index in [1.54, 1.807) is 0 Å². The minimum atomic E-state index is 0.405. The third kappa shape index (κ3) is 1.42. The smallest absolute Gasteiger partial charge is 0.257 e. The fraction of sp³-hybridized carbons (Fsp3) is 0.889. The van der Waals surface area contributed by atoms with Crippen LogP contribution in [-0.4, -0.2) is 17.3 Å². The Morgan fingerprint density at radius 3 is 3.00 bits per heavy atom. The van der Waals surface area contributed by atoms with Crippen molar-refractivity contribution in [3.05, 3.63) is 0 Å². The van der Waals surface area contributed by atoms with Crippen molar-refractivity contribution in [1.29, 1.82) is 0 Å². The van der Waals surface area contributed by atoms with Crippen LogP contribution in [0.3, 0.4) is 0 Å². The first-order chi connectivity index (χ1) is 5.77. The summed E-state index contributed by atoms with van der Waals surface area (Å²) in [7, 11) is 0. The van der Waals surface area contributed by atoms with Crippen molar-refractivity contribution in [2.45, 2.75) is 44.8 Å². The van der Waals surface area contributed by atoms with Crippen LogP contribution in [0.5, 0.6) is 0 Å². The van der Waals surface area contributed by atoms with Gasteiger partial charge in [-0.05, 0) is 38.4 Å². The number of hydrogen-bond acceptors (Lipinski definition) is 2. The van der Waals surface area contributed by atoms with E-state index in [9.17, 15) is 0 Å². The molecule has 1 aliphatic heterocycles. The van der Waals surface area contributed by atoms with E-state index in [1.165, 1.54) is 25.7 Å². The zero-order valence-electron chi connectivity index (χ0n) is 7.38. The second kappa shape index (κ2) is 3.21. The third-order valence-electron chi connectivity index (χ3n) is 3.00. The van der Waals surface area contributed by atoms with Gasteiger partial charge in [0.2, 0.25) is 0 Å². The molecule has 1 heterocycles. The maximum Gasteiger partial charge on any atom is 0.257 e. The third-order valence-corrected chi connectivity index (χ3v) is 3.21. The number of thiocarbonyl (C=S) groups is 1. The molecule has 3 atom stereocenters. The van der Waals surface area contributed by atoms with Gasteiger partial charge in [0.1, 0.15) is 6.10 Å². The number of rotatable bonds is 0. The van der Waals surface area contributed by atoms with Crippen LogP contribution in [0.15, 0.2) is 0 Å². The second-order valence-corrected chi connectivity index (χ2v) is 4.20. The molecule has 0 radical (unpaired) electrons. The summed E-state index contributed by atoms with van der Waals surface area (Å²) in [5, 5.41) is 3.79. The molecular formula is C9H15NOS. The van der Waals surface area contributed by atoms with Gasteiger partial charge >= 0.3 is 0 Å². The van der Waals surface area contributed by atoms with Gasteiger partial charge in [0.05, 0.1) is 0 Å². The molecule has 1 saturated carbocycles. The Bertz CT molecular complexity index is 195. The summed E-state index contributed by atoms with van der Waals surface area (Å²) in [6, 6.07) is 0.511. The summed E-state index contributed by atoms with van der Waals surface area (Å²) >= 11 is 5.02. The highest BCUT2D eigenvalue weighted by atomic mass is 32.1. The lowest BCUT2D eigenvalue weighted by Crippen LogP contribution is -2.52. The SMILES string of the molecule is CC1NC(=S)O[C@@H]2CCCC[C@H]12. The molecule has 0 bridgehead atoms. The highest BCUT2D eigenvalue weighted by molar-refractivity contribution is 7.80. The Labute approximate surface area is 78.7 Å². The monoisotopic (exact) mass is 185 g/mol. The molecule has 2 fully saturated rings. The van der Waals surface area contributed by atoms with Crippen LogP contribution in [0.2, 0.25) is 0 Å². The minimum Gasteiger partial charge on any atom is -0.467 e. The van der Waals surface area contributed by atoms with E-state index in [1.807, 2.05) is 0 Å². The fourth-order valence-corrected chi connectivity index (χ4v) is 2.62. The zero-order valence-corrected chi connectivity index (χ0v) is 8.19. The van der Waals surface area contributed by atoms with E-state index in [0.29, 0.717) is 23.2 Å². The minimum absolute atomic E-state index is 0.405. The van der Waals surface area contributed by atoms with Gasteiger partial charge in [0.25, 0.3) is 5.17 Å². The highest BCUT2D eigenvalue weighted by Crippen LogP contribution is 2.31. The molecule has 0 aromatic rings. The molecular weight excluding hydrogens is 170 g/mol. The lowest BCUT2D eigenvalue weighted by molar-refractivity contribution is 0.0383. The van der Waals surface area contributed by atoms with Crippen molar-refractivity contribution < 1.29 is 4.74 Å². The summed E-state index contributed by atoms with van der Waals surface area (Å²) in [5.74, 6) is 0.686. The van der Waals surface area contributed by atoms with Crippen molar-refractivity contribution in [2.24, 2.45) is 5.92 Å². The van der Waals surface area contributed by atoms with E-state index in [0.717, 1.165) is 0 Å². The van der Waals surface area contributed by atoms with E-state index in [4.69, 9.17) is 17.0 Å². The molecule has 2 nitrogen and oxygen atoms in total. The van der Waals surface area contributed by atoms with Crippen LogP contribution in [-0.2, 0) is 4.74 Å². The van der Waals surface area contributed by atoms with Crippen LogP contribution < -0.4 is 5.32 Å². The highest BCUT2D eigenvalue weighted by Gasteiger charge is 2.35. The van der Waals surface area contributed by atoms with Crippen LogP contribution in [0, 0.1) is 5.92 Å². The average molecular weight is 185 g/mol. The molecule has 12 heavy (non-hydrogen) atoms. The molecule has 3 heteroatoms. The maximum atomic E-state index is 5.58. The van der Waals surface area contributed by atoms with Gasteiger partial charge in [-0.2, -0.15) is 0 Å². The lowest BCUT2D eigenvalue weighted by Gasteiger charge is -2.40. The standard InChI is InChI=1S/C9H15NOS/c1-6-7-4-2-3-5-8(7)11-9(12)10-6/h6-8H,2-5H2,1H3,(H,10,12)/t6?,7-,8-/m1/s1. The summed E-state index contributed by atoms with van der Waals surface area (Å²) < 4.78 is 5.58. The van der Waals surface area contributed by atoms with Gasteiger partial charge in [0.15, 0.2) is 0 Å². The molecule has 68 valence electrons. The topological polar surface area (TPSA) is 21.3 Å². The molecule has 2 rings (SSSR count). The predicted octanol–water partition coefficient (Wildman–Crippen LogP) is 1.84. The van der Waals surface area contributed by atoms with Gasteiger partial charge in [-0.3, -0.25) is 0 Å². The molecule has 2 aliphatic rings. The van der Waals surface area contributed by atoms with Crippen LogP contribution in [0.4, 0.5) is 0 Å². The van der Waals surface area contributed by atoms with Gasteiger partial charge in [0, 0.05) is 12.0 Å². The Kier molecular flexibility index (Phi) is 2.22. The van der Waals surface area contributed by atoms with Crippen molar-refractivity contribution in [1.82, 2.24) is 5.32 Å². The van der Waals surface area contributed by atoms with Crippen LogP contribution >= 0.6 is 12.2 Å². The van der Waals surface area contributed by atoms with Crippen molar-refractivity contribution in [3.63, 3.8) is 0 Å². The van der Waals surface area contributed by atoms with Crippen molar-refractivity contribution in [3.8, 4) is 0 Å². The Balaban J connectivity index is 2.06. The first-order valence-corrected chi connectivity index (χ1v) is 5.15. The number of ether oxygens (including phenoxy) is 1. The van der Waals surface area contributed by atoms with Gasteiger partial charge < -0.3 is 10.1 Å². The van der Waals surface area contributed by atoms with Crippen LogP contribution in [0.1, 0.15) is 32.6 Å². The number of fused-ring (bicyclic) bond motifs is 1. The molecule has 0 spiro atoms. The molecule has 1 unspecified atom stereocenters. The lowest BCUT2D eigenvalue weighted by atomic mass is 9.81. The van der Waals surface area contributed by atoms with Crippen molar-refractivity contribution in [2.75, 3.05) is 0 Å². The summed E-state index contributed by atoms with van der Waals surface area (Å²) in [4.78, 5) is 0. The molecule has 1 N–H and O–H groups in total. The fourth-order valence-electron chi connectivity index (χ4n) is 2.31. The number of nitrogens with one attached hydrogen (secondary N) is 1. The Morgan fingerprint density at radius 1 is 1.42 bits per heavy atom. The molecule has 0 aromatic heterocycles. The van der Waals surface area contributed by atoms with E-state index in [2.05, 4.69) is 12.2 Å². The summed E-state index contributed by atoms with van der Waals surface area (Å²) in [6.45, 7) is 2.21. The van der Waals surface area contributed by atoms with E-state index in [-0.39, 0.29) is 0 Å². The molecule has 0 amide bonds. The van der Waals surface area contributed by atoms with Gasteiger partial charge in [-0.1, -0.05) is 6.42 Å². The molecule has 1 saturated heterocycles. The molecule has 1 aliphatic carbocycles. The maximum absolute atomic E-state index is 5.58. The van der Waals surface area contributed by atoms with Crippen molar-refractivity contribution >= 4 is 17.4 Å². The van der Waals surface area contributed by atoms with Gasteiger partial charge in [-0.15, -0.1) is 0 Å². The predicted molar refractivity (Wildman–Crippen MR) is 52.0 cm³/mol. The zero-order chi connectivity index (χ0) is 8.55. The van der Waals surface area contributed by atoms with Gasteiger partial charge in [-0.25, -0.2) is 0 Å². The molecule has 0 aromatic carbocycles. The average Bonchev–Trinajstić information content (AvgIpc) is 2.04. The summed E-state index contributed by atoms with van der Waals surface area (Å²) in [5.41, 5.74) is 0. The Hall–Kier alpha value is -0.310. The van der Waals surface area contributed by atoms with Crippen LogP contribution in [0.25, 0.3) is 0 Å². The first-order valence-electron chi connectivity index (χ1n) is 4.74. The Morgan fingerprint density at radius 2 is 2.17 bits per heavy atom. The number of hydrogen-bond donors (Lipinski definition) is 1. The quantitative estimate of drug-likeness (QED) is 0.582. The summed E-state index contributed by atoms with van der Waals surface area (Å²) in [6.07, 6.45) is 5.54. The largest absolute Gasteiger partial charge is 0.467 e. The van der Waals surface area contributed by atoms with E-state index < -0.39 is 0 Å². The second-order valence-electron chi connectivity index (χ2n) is 3.83. The van der Waals surface area contributed by atoms with E-state index >= 15 is 0 Å².